The van der Waals surface area contributed by atoms with Gasteiger partial charge >= 0.3 is 0 Å². The number of nitrogens with zero attached hydrogens (tertiary/aromatic N) is 1. The van der Waals surface area contributed by atoms with Crippen molar-refractivity contribution in [1.29, 1.82) is 0 Å². The van der Waals surface area contributed by atoms with E-state index >= 15 is 0 Å². The standard InChI is InChI=1S/C18H18N4O2S2/c1-11-3-5-14(6-4-11)19-9-15(23)21-22-17(24)16-12(2)20-18(26-16)13-7-8-25-10-13/h3-8,10,19H,9H2,1-2H3,(H,21,23)(H,22,24). The van der Waals surface area contributed by atoms with Gasteiger partial charge in [0, 0.05) is 16.6 Å². The summed E-state index contributed by atoms with van der Waals surface area (Å²) in [4.78, 5) is 29.1. The second-order valence-electron chi connectivity index (χ2n) is 5.67. The van der Waals surface area contributed by atoms with Gasteiger partial charge in [-0.15, -0.1) is 11.3 Å². The highest BCUT2D eigenvalue weighted by atomic mass is 32.1. The molecule has 0 saturated heterocycles. The molecular weight excluding hydrogens is 368 g/mol. The zero-order valence-electron chi connectivity index (χ0n) is 14.3. The number of hydrazine groups is 1. The molecular formula is C18H18N4O2S2. The predicted octanol–water partition coefficient (Wildman–Crippen LogP) is 3.36. The van der Waals surface area contributed by atoms with E-state index in [-0.39, 0.29) is 18.4 Å². The minimum atomic E-state index is -0.370. The molecule has 0 saturated carbocycles. The zero-order valence-corrected chi connectivity index (χ0v) is 16.0. The van der Waals surface area contributed by atoms with Crippen molar-refractivity contribution in [1.82, 2.24) is 15.8 Å². The van der Waals surface area contributed by atoms with Gasteiger partial charge in [0.1, 0.15) is 9.88 Å². The quantitative estimate of drug-likeness (QED) is 0.587. The van der Waals surface area contributed by atoms with Crippen LogP contribution in [-0.2, 0) is 4.79 Å². The number of amides is 2. The summed E-state index contributed by atoms with van der Waals surface area (Å²) in [6.07, 6.45) is 0. The number of nitrogens with one attached hydrogen (secondary N) is 3. The molecule has 0 fully saturated rings. The van der Waals surface area contributed by atoms with E-state index in [1.165, 1.54) is 11.3 Å². The van der Waals surface area contributed by atoms with Gasteiger partial charge in [0.2, 0.25) is 0 Å². The van der Waals surface area contributed by atoms with Crippen molar-refractivity contribution < 1.29 is 9.59 Å². The number of benzene rings is 1. The lowest BCUT2D eigenvalue weighted by Gasteiger charge is -2.08. The molecule has 2 heterocycles. The van der Waals surface area contributed by atoms with Crippen molar-refractivity contribution in [3.63, 3.8) is 0 Å². The van der Waals surface area contributed by atoms with Crippen LogP contribution in [-0.4, -0.2) is 23.3 Å². The smallest absolute Gasteiger partial charge is 0.281 e. The van der Waals surface area contributed by atoms with Gasteiger partial charge in [0.25, 0.3) is 11.8 Å². The Bertz CT molecular complexity index is 902. The molecule has 0 aliphatic heterocycles. The van der Waals surface area contributed by atoms with Crippen LogP contribution in [0.3, 0.4) is 0 Å². The summed E-state index contributed by atoms with van der Waals surface area (Å²) in [5.74, 6) is -0.704. The Morgan fingerprint density at radius 1 is 1.08 bits per heavy atom. The van der Waals surface area contributed by atoms with Crippen LogP contribution in [0.1, 0.15) is 20.9 Å². The summed E-state index contributed by atoms with van der Waals surface area (Å²) in [6, 6.07) is 9.67. The molecule has 3 rings (SSSR count). The maximum Gasteiger partial charge on any atom is 0.281 e. The lowest BCUT2D eigenvalue weighted by molar-refractivity contribution is -0.120. The number of rotatable bonds is 5. The lowest BCUT2D eigenvalue weighted by atomic mass is 10.2. The van der Waals surface area contributed by atoms with E-state index in [0.717, 1.165) is 21.8 Å². The Labute approximate surface area is 159 Å². The van der Waals surface area contributed by atoms with E-state index in [0.29, 0.717) is 10.6 Å². The van der Waals surface area contributed by atoms with Crippen molar-refractivity contribution in [2.24, 2.45) is 0 Å². The molecule has 2 aromatic heterocycles. The summed E-state index contributed by atoms with van der Waals surface area (Å²) in [5, 5.41) is 7.74. The molecule has 0 radical (unpaired) electrons. The third kappa shape index (κ3) is 4.47. The minimum Gasteiger partial charge on any atom is -0.376 e. The highest BCUT2D eigenvalue weighted by Gasteiger charge is 2.17. The number of carbonyl (C=O) groups is 2. The molecule has 3 aromatic rings. The minimum absolute atomic E-state index is 0.0607. The van der Waals surface area contributed by atoms with Crippen LogP contribution < -0.4 is 16.2 Å². The summed E-state index contributed by atoms with van der Waals surface area (Å²) in [6.45, 7) is 3.84. The SMILES string of the molecule is Cc1ccc(NCC(=O)NNC(=O)c2sc(-c3ccsc3)nc2C)cc1. The van der Waals surface area contributed by atoms with Crippen molar-refractivity contribution in [3.8, 4) is 10.6 Å². The number of hydrogen-bond donors (Lipinski definition) is 3. The predicted molar refractivity (Wildman–Crippen MR) is 105 cm³/mol. The number of carbonyl (C=O) groups excluding carboxylic acids is 2. The maximum absolute atomic E-state index is 12.3. The first kappa shape index (κ1) is 18.1. The molecule has 134 valence electrons. The average Bonchev–Trinajstić information content (AvgIpc) is 3.28. The number of thiophene rings is 1. The second kappa shape index (κ2) is 8.11. The van der Waals surface area contributed by atoms with E-state index in [1.807, 2.05) is 48.0 Å². The molecule has 1 aromatic carbocycles. The molecule has 8 heteroatoms. The van der Waals surface area contributed by atoms with E-state index < -0.39 is 0 Å². The molecule has 0 spiro atoms. The Morgan fingerprint density at radius 2 is 1.85 bits per heavy atom. The third-order valence-corrected chi connectivity index (χ3v) is 5.48. The fourth-order valence-corrected chi connectivity index (χ4v) is 3.87. The van der Waals surface area contributed by atoms with E-state index in [2.05, 4.69) is 21.2 Å². The number of thiazole rings is 1. The van der Waals surface area contributed by atoms with Gasteiger partial charge in [-0.1, -0.05) is 17.7 Å². The Hall–Kier alpha value is -2.71. The molecule has 26 heavy (non-hydrogen) atoms. The molecule has 6 nitrogen and oxygen atoms in total. The molecule has 3 N–H and O–H groups in total. The number of hydrogen-bond acceptors (Lipinski definition) is 6. The summed E-state index contributed by atoms with van der Waals surface area (Å²) < 4.78 is 0. The van der Waals surface area contributed by atoms with Gasteiger partial charge in [-0.2, -0.15) is 11.3 Å². The highest BCUT2D eigenvalue weighted by Crippen LogP contribution is 2.29. The fourth-order valence-electron chi connectivity index (χ4n) is 2.20. The van der Waals surface area contributed by atoms with Gasteiger partial charge in [-0.25, -0.2) is 4.98 Å². The largest absolute Gasteiger partial charge is 0.376 e. The number of aryl methyl sites for hydroxylation is 2. The van der Waals surface area contributed by atoms with Crippen LogP contribution >= 0.6 is 22.7 Å². The lowest BCUT2D eigenvalue weighted by Crippen LogP contribution is -2.44. The third-order valence-electron chi connectivity index (χ3n) is 3.59. The molecule has 0 aliphatic rings. The van der Waals surface area contributed by atoms with E-state index in [1.54, 1.807) is 18.3 Å². The molecule has 0 bridgehead atoms. The first-order chi connectivity index (χ1) is 12.5. The Morgan fingerprint density at radius 3 is 2.54 bits per heavy atom. The monoisotopic (exact) mass is 386 g/mol. The molecule has 0 aliphatic carbocycles. The summed E-state index contributed by atoms with van der Waals surface area (Å²) in [5.41, 5.74) is 8.48. The molecule has 2 amide bonds. The normalized spacial score (nSPS) is 10.4. The van der Waals surface area contributed by atoms with Gasteiger partial charge in [-0.3, -0.25) is 20.4 Å². The first-order valence-corrected chi connectivity index (χ1v) is 9.68. The fraction of sp³-hybridized carbons (Fsp3) is 0.167. The van der Waals surface area contributed by atoms with Gasteiger partial charge in [-0.05, 0) is 37.4 Å². The van der Waals surface area contributed by atoms with Crippen molar-refractivity contribution in [3.05, 3.63) is 57.2 Å². The maximum atomic E-state index is 12.3. The van der Waals surface area contributed by atoms with E-state index in [9.17, 15) is 9.59 Å². The second-order valence-corrected chi connectivity index (χ2v) is 7.45. The number of anilines is 1. The average molecular weight is 387 g/mol. The summed E-state index contributed by atoms with van der Waals surface area (Å²) >= 11 is 2.88. The van der Waals surface area contributed by atoms with Gasteiger partial charge in [0.05, 0.1) is 12.2 Å². The van der Waals surface area contributed by atoms with Gasteiger partial charge in [0.15, 0.2) is 0 Å². The van der Waals surface area contributed by atoms with E-state index in [4.69, 9.17) is 0 Å². The zero-order chi connectivity index (χ0) is 18.5. The van der Waals surface area contributed by atoms with Crippen LogP contribution in [0, 0.1) is 13.8 Å². The van der Waals surface area contributed by atoms with Crippen LogP contribution in [0.2, 0.25) is 0 Å². The molecule has 0 atom stereocenters. The van der Waals surface area contributed by atoms with Crippen molar-refractivity contribution in [2.45, 2.75) is 13.8 Å². The van der Waals surface area contributed by atoms with Crippen LogP contribution in [0.5, 0.6) is 0 Å². The first-order valence-electron chi connectivity index (χ1n) is 7.92. The molecule has 0 unspecified atom stereocenters. The van der Waals surface area contributed by atoms with Crippen LogP contribution in [0.4, 0.5) is 5.69 Å². The summed E-state index contributed by atoms with van der Waals surface area (Å²) in [7, 11) is 0. The van der Waals surface area contributed by atoms with Crippen LogP contribution in [0.25, 0.3) is 10.6 Å². The Balaban J connectivity index is 1.52. The highest BCUT2D eigenvalue weighted by molar-refractivity contribution is 7.17. The topological polar surface area (TPSA) is 83.1 Å². The van der Waals surface area contributed by atoms with Crippen molar-refractivity contribution >= 4 is 40.2 Å². The number of aromatic nitrogens is 1. The van der Waals surface area contributed by atoms with Gasteiger partial charge < -0.3 is 5.32 Å². The van der Waals surface area contributed by atoms with Crippen molar-refractivity contribution in [2.75, 3.05) is 11.9 Å². The van der Waals surface area contributed by atoms with Crippen LogP contribution in [0.15, 0.2) is 41.1 Å². The Kier molecular flexibility index (Phi) is 5.65.